The molecule has 0 bridgehead atoms. The molecule has 30 heavy (non-hydrogen) atoms. The second kappa shape index (κ2) is 8.72. The molecule has 0 aliphatic heterocycles. The highest BCUT2D eigenvalue weighted by molar-refractivity contribution is 6.10. The molecule has 0 saturated heterocycles. The highest BCUT2D eigenvalue weighted by atomic mass is 19.3. The molecule has 3 rings (SSSR count). The fourth-order valence-corrected chi connectivity index (χ4v) is 2.95. The van der Waals surface area contributed by atoms with E-state index in [-0.39, 0.29) is 23.5 Å². The van der Waals surface area contributed by atoms with Gasteiger partial charge in [-0.2, -0.15) is 10.2 Å². The van der Waals surface area contributed by atoms with Crippen LogP contribution in [-0.4, -0.2) is 50.1 Å². The molecule has 0 saturated carbocycles. The van der Waals surface area contributed by atoms with Crippen molar-refractivity contribution in [2.45, 2.75) is 19.5 Å². The SMILES string of the molecule is COc1ccccc1CN(C(=O)c1nn(C)cc1C(=O)O)c1cnn(CC(F)F)c1. The maximum absolute atomic E-state index is 13.3. The second-order valence-electron chi connectivity index (χ2n) is 6.39. The Morgan fingerprint density at radius 2 is 2.00 bits per heavy atom. The summed E-state index contributed by atoms with van der Waals surface area (Å²) in [5, 5.41) is 17.3. The van der Waals surface area contributed by atoms with Crippen LogP contribution in [0.15, 0.2) is 42.9 Å². The third-order valence-corrected chi connectivity index (χ3v) is 4.28. The van der Waals surface area contributed by atoms with Crippen molar-refractivity contribution in [3.05, 3.63) is 59.7 Å². The first-order valence-electron chi connectivity index (χ1n) is 8.81. The van der Waals surface area contributed by atoms with Crippen LogP contribution in [0.4, 0.5) is 14.5 Å². The number of carboxylic acids is 1. The first kappa shape index (κ1) is 21.0. The van der Waals surface area contributed by atoms with Crippen LogP contribution >= 0.6 is 0 Å². The number of benzene rings is 1. The Kier molecular flexibility index (Phi) is 6.09. The van der Waals surface area contributed by atoms with Crippen LogP contribution in [0.25, 0.3) is 0 Å². The lowest BCUT2D eigenvalue weighted by Crippen LogP contribution is -2.32. The topological polar surface area (TPSA) is 102 Å². The number of carbonyl (C=O) groups is 2. The number of alkyl halides is 2. The van der Waals surface area contributed by atoms with Crippen LogP contribution in [0.5, 0.6) is 5.75 Å². The Morgan fingerprint density at radius 1 is 1.27 bits per heavy atom. The summed E-state index contributed by atoms with van der Waals surface area (Å²) in [4.78, 5) is 26.0. The fraction of sp³-hybridized carbons (Fsp3) is 0.263. The van der Waals surface area contributed by atoms with E-state index >= 15 is 0 Å². The van der Waals surface area contributed by atoms with Crippen LogP contribution in [0.2, 0.25) is 0 Å². The molecule has 1 amide bonds. The van der Waals surface area contributed by atoms with Gasteiger partial charge in [-0.3, -0.25) is 19.1 Å². The van der Waals surface area contributed by atoms with Gasteiger partial charge in [-0.1, -0.05) is 18.2 Å². The van der Waals surface area contributed by atoms with Crippen molar-refractivity contribution in [2.24, 2.45) is 7.05 Å². The van der Waals surface area contributed by atoms with Crippen molar-refractivity contribution in [2.75, 3.05) is 12.0 Å². The number of ether oxygens (including phenoxy) is 1. The van der Waals surface area contributed by atoms with Gasteiger partial charge >= 0.3 is 5.97 Å². The summed E-state index contributed by atoms with van der Waals surface area (Å²) in [6, 6.07) is 6.96. The molecule has 2 heterocycles. The number of carbonyl (C=O) groups excluding carboxylic acids is 1. The number of anilines is 1. The molecule has 2 aromatic heterocycles. The normalized spacial score (nSPS) is 11.0. The third kappa shape index (κ3) is 4.45. The molecule has 11 heteroatoms. The first-order valence-corrected chi connectivity index (χ1v) is 8.81. The highest BCUT2D eigenvalue weighted by Gasteiger charge is 2.28. The number of methoxy groups -OCH3 is 1. The van der Waals surface area contributed by atoms with Crippen LogP contribution in [0.1, 0.15) is 26.4 Å². The van der Waals surface area contributed by atoms with Gasteiger partial charge in [-0.25, -0.2) is 13.6 Å². The van der Waals surface area contributed by atoms with Crippen LogP contribution in [0, 0.1) is 0 Å². The molecular formula is C19H19F2N5O4. The Bertz CT molecular complexity index is 1060. The summed E-state index contributed by atoms with van der Waals surface area (Å²) < 4.78 is 33.0. The molecular weight excluding hydrogens is 400 g/mol. The van der Waals surface area contributed by atoms with Gasteiger partial charge in [0.05, 0.1) is 25.5 Å². The van der Waals surface area contributed by atoms with Gasteiger partial charge in [0.2, 0.25) is 0 Å². The standard InChI is InChI=1S/C19H19F2N5O4/c1-24-10-14(19(28)29)17(23-24)18(27)26(8-12-5-3-4-6-15(12)30-2)13-7-22-25(9-13)11-16(20)21/h3-7,9-10,16H,8,11H2,1-2H3,(H,28,29). The highest BCUT2D eigenvalue weighted by Crippen LogP contribution is 2.25. The van der Waals surface area contributed by atoms with Gasteiger partial charge in [0.15, 0.2) is 5.69 Å². The largest absolute Gasteiger partial charge is 0.496 e. The predicted molar refractivity (Wildman–Crippen MR) is 102 cm³/mol. The van der Waals surface area contributed by atoms with Gasteiger partial charge in [0.1, 0.15) is 17.9 Å². The molecule has 0 radical (unpaired) electrons. The number of aryl methyl sites for hydroxylation is 1. The first-order chi connectivity index (χ1) is 14.3. The second-order valence-corrected chi connectivity index (χ2v) is 6.39. The zero-order chi connectivity index (χ0) is 21.8. The summed E-state index contributed by atoms with van der Waals surface area (Å²) in [6.45, 7) is -0.653. The van der Waals surface area contributed by atoms with Crippen molar-refractivity contribution in [3.8, 4) is 5.75 Å². The van der Waals surface area contributed by atoms with E-state index in [1.165, 1.54) is 42.3 Å². The number of carboxylic acid groups (broad SMARTS) is 1. The minimum atomic E-state index is -2.62. The summed E-state index contributed by atoms with van der Waals surface area (Å²) in [6.07, 6.45) is 1.16. The molecule has 0 aliphatic carbocycles. The number of hydrogen-bond acceptors (Lipinski definition) is 5. The van der Waals surface area contributed by atoms with Gasteiger partial charge in [-0.15, -0.1) is 0 Å². The number of rotatable bonds is 8. The number of amides is 1. The predicted octanol–water partition coefficient (Wildman–Crippen LogP) is 2.44. The van der Waals surface area contributed by atoms with E-state index < -0.39 is 24.8 Å². The number of para-hydroxylation sites is 1. The molecule has 158 valence electrons. The molecule has 1 N–H and O–H groups in total. The number of halogens is 2. The third-order valence-electron chi connectivity index (χ3n) is 4.28. The van der Waals surface area contributed by atoms with Gasteiger partial charge in [-0.05, 0) is 6.07 Å². The molecule has 0 aliphatic rings. The Hall–Kier alpha value is -3.76. The van der Waals surface area contributed by atoms with Gasteiger partial charge in [0, 0.05) is 25.0 Å². The molecule has 3 aromatic rings. The molecule has 0 fully saturated rings. The van der Waals surface area contributed by atoms with Crippen molar-refractivity contribution in [1.29, 1.82) is 0 Å². The van der Waals surface area contributed by atoms with Crippen LogP contribution < -0.4 is 9.64 Å². The summed E-state index contributed by atoms with van der Waals surface area (Å²) >= 11 is 0. The number of hydrogen-bond donors (Lipinski definition) is 1. The zero-order valence-electron chi connectivity index (χ0n) is 16.2. The Labute approximate surface area is 170 Å². The van der Waals surface area contributed by atoms with Gasteiger partial charge in [0.25, 0.3) is 12.3 Å². The van der Waals surface area contributed by atoms with Crippen molar-refractivity contribution in [3.63, 3.8) is 0 Å². The van der Waals surface area contributed by atoms with E-state index in [0.717, 1.165) is 4.68 Å². The van der Waals surface area contributed by atoms with E-state index in [2.05, 4.69) is 10.2 Å². The lowest BCUT2D eigenvalue weighted by atomic mass is 10.1. The van der Waals surface area contributed by atoms with Gasteiger partial charge < -0.3 is 9.84 Å². The minimum absolute atomic E-state index is 0.0150. The van der Waals surface area contributed by atoms with Crippen molar-refractivity contribution < 1.29 is 28.2 Å². The maximum atomic E-state index is 13.3. The molecule has 0 unspecified atom stereocenters. The van der Waals surface area contributed by atoms with Crippen molar-refractivity contribution >= 4 is 17.6 Å². The van der Waals surface area contributed by atoms with E-state index in [9.17, 15) is 23.5 Å². The van der Waals surface area contributed by atoms with E-state index in [4.69, 9.17) is 4.74 Å². The summed E-state index contributed by atoms with van der Waals surface area (Å²) in [7, 11) is 2.97. The summed E-state index contributed by atoms with van der Waals surface area (Å²) in [5.74, 6) is -1.51. The van der Waals surface area contributed by atoms with Crippen LogP contribution in [0.3, 0.4) is 0 Å². The monoisotopic (exact) mass is 419 g/mol. The number of nitrogens with zero attached hydrogens (tertiary/aromatic N) is 5. The number of aromatic nitrogens is 4. The average Bonchev–Trinajstić information content (AvgIpc) is 3.32. The Morgan fingerprint density at radius 3 is 2.67 bits per heavy atom. The van der Waals surface area contributed by atoms with E-state index in [1.807, 2.05) is 0 Å². The Balaban J connectivity index is 2.04. The summed E-state index contributed by atoms with van der Waals surface area (Å²) in [5.41, 5.74) is 0.297. The number of aromatic carboxylic acids is 1. The molecule has 0 atom stereocenters. The molecule has 1 aromatic carbocycles. The lowest BCUT2D eigenvalue weighted by molar-refractivity contribution is 0.0691. The lowest BCUT2D eigenvalue weighted by Gasteiger charge is -2.21. The molecule has 0 spiro atoms. The smallest absolute Gasteiger partial charge is 0.339 e. The van der Waals surface area contributed by atoms with Crippen molar-refractivity contribution in [1.82, 2.24) is 19.6 Å². The zero-order valence-corrected chi connectivity index (χ0v) is 16.2. The minimum Gasteiger partial charge on any atom is -0.496 e. The maximum Gasteiger partial charge on any atom is 0.339 e. The average molecular weight is 419 g/mol. The quantitative estimate of drug-likeness (QED) is 0.602. The fourth-order valence-electron chi connectivity index (χ4n) is 2.95. The van der Waals surface area contributed by atoms with Crippen LogP contribution in [-0.2, 0) is 20.1 Å². The van der Waals surface area contributed by atoms with E-state index in [1.54, 1.807) is 24.3 Å². The molecule has 9 nitrogen and oxygen atoms in total. The van der Waals surface area contributed by atoms with E-state index in [0.29, 0.717) is 11.3 Å².